The van der Waals surface area contributed by atoms with E-state index in [1.54, 1.807) is 27.7 Å². The van der Waals surface area contributed by atoms with Gasteiger partial charge in [0.25, 0.3) is 0 Å². The van der Waals surface area contributed by atoms with Gasteiger partial charge in [0.05, 0.1) is 56.1 Å². The largest absolute Gasteiger partial charge is 0.508 e. The highest BCUT2D eigenvalue weighted by Gasteiger charge is 2.40. The van der Waals surface area contributed by atoms with Crippen LogP contribution in [-0.2, 0) is 115 Å². The molecule has 0 aliphatic heterocycles. The van der Waals surface area contributed by atoms with Crippen molar-refractivity contribution in [3.63, 3.8) is 0 Å². The van der Waals surface area contributed by atoms with E-state index in [0.29, 0.717) is 12.0 Å². The van der Waals surface area contributed by atoms with Crippen molar-refractivity contribution in [3.8, 4) is 5.75 Å². The Labute approximate surface area is 745 Å². The van der Waals surface area contributed by atoms with Crippen LogP contribution in [0.2, 0.25) is 0 Å². The lowest BCUT2D eigenvalue weighted by Gasteiger charge is -2.28. The number of rotatable bonds is 61. The minimum atomic E-state index is -2.12. The Balaban J connectivity index is 1.84. The second kappa shape index (κ2) is 56.2. The molecule has 0 bridgehead atoms. The predicted octanol–water partition coefficient (Wildman–Crippen LogP) is -11.0. The van der Waals surface area contributed by atoms with E-state index in [1.807, 2.05) is 0 Å². The smallest absolute Gasteiger partial charge is 0.325 e. The van der Waals surface area contributed by atoms with Gasteiger partial charge in [0.15, 0.2) is 5.96 Å². The average Bonchev–Trinajstić information content (AvgIpc) is 1.22. The van der Waals surface area contributed by atoms with Crippen LogP contribution in [0.4, 0.5) is 0 Å². The Kier molecular flexibility index (Phi) is 47.6. The Morgan fingerprint density at radius 2 is 0.723 bits per heavy atom. The standard InChI is InChI=1S/C78H123N27O25/c1-36(2)23-49(97-64(116)45(80)11-10-22-88-78(84)85)69(121)98-50(24-37(3)4)70(122)99-51(25-41-13-15-44(108)16-14-41)71(123)102-54(28-59(82)110)73(125)96-47(17-19-58(81)109)66(118)92-38(5)62(114)94-46(12-8-9-21-79)65(117)91-39(6)63(115)95-48(18-20-61(112)113)67(119)104-56(32-106)76(128)103-55(29-60(83)111)74(126)105-57(33-107)75(127)101-53(27-43-31-87-35-90-43)72(124)100-52(26-42-30-86-34-89-42)68(120)93-40(7)77(129)130/h13-16,30-31,34-40,45-57,106-108H,8-12,17-29,32-33,79-80H2,1-7H3,(H2,81,109)(H2,82,110)(H2,83,111)(H,86,89)(H,87,90)(H,91,117)(H,92,118)(H,93,120)(H,94,114)(H,95,115)(H,96,125)(H,97,116)(H,98,121)(H,99,122)(H,100,124)(H,101,127)(H,102,123)(H,103,128)(H,104,119)(H,105,126)(H,112,113)(H,129,130)(H4,84,85,88)/t38-,39-,40-,45-,46-,47-,48-,49-,50-,51-,52-,53-,54-,55-,56-,57-/m0/s1. The molecule has 0 radical (unpaired) electrons. The molecule has 720 valence electrons. The molecule has 0 spiro atoms. The zero-order valence-electron chi connectivity index (χ0n) is 72.9. The number of guanidine groups is 1. The highest BCUT2D eigenvalue weighted by Crippen LogP contribution is 2.17. The van der Waals surface area contributed by atoms with E-state index in [2.05, 4.69) is 105 Å². The number of aromatic hydroxyl groups is 1. The number of hydrogen-bond donors (Lipinski definition) is 30. The van der Waals surface area contributed by atoms with Crippen LogP contribution in [0.15, 0.2) is 49.3 Å². The number of aliphatic carboxylic acids is 2. The summed E-state index contributed by atoms with van der Waals surface area (Å²) < 4.78 is 0. The quantitative estimate of drug-likeness (QED) is 0.0142. The third-order valence-electron chi connectivity index (χ3n) is 19.3. The van der Waals surface area contributed by atoms with Gasteiger partial charge in [-0.15, -0.1) is 0 Å². The molecule has 0 aliphatic rings. The fourth-order valence-electron chi connectivity index (χ4n) is 12.3. The van der Waals surface area contributed by atoms with Gasteiger partial charge in [-0.25, -0.2) is 9.97 Å². The number of primary amides is 3. The summed E-state index contributed by atoms with van der Waals surface area (Å²) in [7, 11) is 0. The number of hydrogen-bond acceptors (Lipinski definition) is 28. The third-order valence-corrected chi connectivity index (χ3v) is 19.3. The minimum absolute atomic E-state index is 0.0381. The van der Waals surface area contributed by atoms with Gasteiger partial charge in [-0.1, -0.05) is 39.8 Å². The van der Waals surface area contributed by atoms with Crippen LogP contribution in [0.1, 0.15) is 149 Å². The topological polar surface area (TPSA) is 872 Å². The van der Waals surface area contributed by atoms with Crippen LogP contribution in [0.5, 0.6) is 5.75 Å². The second-order valence-corrected chi connectivity index (χ2v) is 31.4. The number of unbranched alkanes of at least 4 members (excludes halogenated alkanes) is 1. The maximum atomic E-state index is 14.6. The SMILES string of the molecule is CC(C)C[C@H](NC(=O)[C@H](CC(C)C)NC(=O)[C@@H](N)CCCNC(=N)N)C(=O)N[C@@H](Cc1ccc(O)cc1)C(=O)N[C@@H](CC(N)=O)C(=O)N[C@@H](CCC(N)=O)C(=O)N[C@@H](C)C(=O)N[C@@H](CCCCN)C(=O)N[C@@H](C)C(=O)N[C@@H](CCC(=O)O)C(=O)N[C@@H](CO)C(=O)N[C@@H](CC(N)=O)C(=O)N[C@@H](CO)C(=O)N[C@@H](Cc1c[nH]cn1)C(=O)N[C@@H](Cc1c[nH]cn1)C(=O)N[C@@H](C)C(=O)O. The molecule has 2 aromatic heterocycles. The number of H-pyrrole nitrogens is 2. The number of phenolic OH excluding ortho intramolecular Hbond substituents is 1. The van der Waals surface area contributed by atoms with Crippen molar-refractivity contribution >= 4 is 124 Å². The van der Waals surface area contributed by atoms with Crippen LogP contribution < -0.4 is 119 Å². The molecule has 52 heteroatoms. The summed E-state index contributed by atoms with van der Waals surface area (Å²) >= 11 is 0. The van der Waals surface area contributed by atoms with Crippen molar-refractivity contribution in [2.75, 3.05) is 26.3 Å². The van der Waals surface area contributed by atoms with Crippen molar-refractivity contribution in [1.29, 1.82) is 5.41 Å². The molecule has 3 aromatic rings. The number of aliphatic hydroxyl groups excluding tert-OH is 2. The molecule has 0 saturated heterocycles. The summed E-state index contributed by atoms with van der Waals surface area (Å²) in [6.07, 6.45) is -0.0417. The van der Waals surface area contributed by atoms with Crippen molar-refractivity contribution in [3.05, 3.63) is 66.3 Å². The molecular weight excluding hydrogens is 1720 g/mol. The lowest BCUT2D eigenvalue weighted by atomic mass is 9.98. The Bertz CT molecular complexity index is 4370. The molecule has 36 N–H and O–H groups in total. The number of phenols is 1. The van der Waals surface area contributed by atoms with E-state index in [9.17, 15) is 121 Å². The van der Waals surface area contributed by atoms with E-state index in [-0.39, 0.29) is 99.4 Å². The zero-order valence-corrected chi connectivity index (χ0v) is 72.9. The number of carboxylic acid groups (broad SMARTS) is 2. The summed E-state index contributed by atoms with van der Waals surface area (Å²) in [6, 6.07) is -21.5. The average molecular weight is 1840 g/mol. The van der Waals surface area contributed by atoms with Crippen molar-refractivity contribution in [2.45, 2.75) is 248 Å². The highest BCUT2D eigenvalue weighted by molar-refractivity contribution is 6.02. The molecule has 1 aromatic carbocycles. The van der Waals surface area contributed by atoms with Gasteiger partial charge in [0, 0.05) is 51.0 Å². The Morgan fingerprint density at radius 1 is 0.385 bits per heavy atom. The van der Waals surface area contributed by atoms with E-state index >= 15 is 0 Å². The molecule has 18 amide bonds. The number of benzene rings is 1. The molecule has 2 heterocycles. The predicted molar refractivity (Wildman–Crippen MR) is 456 cm³/mol. The maximum Gasteiger partial charge on any atom is 0.325 e. The van der Waals surface area contributed by atoms with Gasteiger partial charge in [0.1, 0.15) is 96.4 Å². The molecule has 0 aliphatic carbocycles. The Morgan fingerprint density at radius 3 is 1.11 bits per heavy atom. The number of nitrogens with two attached hydrogens (primary N) is 6. The first-order valence-electron chi connectivity index (χ1n) is 41.5. The second-order valence-electron chi connectivity index (χ2n) is 31.4. The number of carbonyl (C=O) groups excluding carboxylic acids is 18. The summed E-state index contributed by atoms with van der Waals surface area (Å²) in [4.78, 5) is 284. The third kappa shape index (κ3) is 41.2. The van der Waals surface area contributed by atoms with E-state index in [0.717, 1.165) is 20.8 Å². The van der Waals surface area contributed by atoms with Gasteiger partial charge in [-0.2, -0.15) is 0 Å². The number of carboxylic acids is 2. The van der Waals surface area contributed by atoms with Crippen molar-refractivity contribution < 1.29 is 121 Å². The first kappa shape index (κ1) is 110. The van der Waals surface area contributed by atoms with Gasteiger partial charge in [-0.3, -0.25) is 101 Å². The minimum Gasteiger partial charge on any atom is -0.508 e. The Hall–Kier alpha value is -14.0. The lowest BCUT2D eigenvalue weighted by Crippen LogP contribution is -2.62. The lowest BCUT2D eigenvalue weighted by molar-refractivity contribution is -0.142. The number of carbonyl (C=O) groups is 20. The molecule has 3 rings (SSSR count). The molecule has 16 atom stereocenters. The van der Waals surface area contributed by atoms with Gasteiger partial charge in [-0.05, 0) is 115 Å². The van der Waals surface area contributed by atoms with E-state index < -0.39 is 273 Å². The van der Waals surface area contributed by atoms with Crippen molar-refractivity contribution in [1.82, 2.24) is 105 Å². The van der Waals surface area contributed by atoms with E-state index in [4.69, 9.17) is 39.8 Å². The monoisotopic (exact) mass is 1840 g/mol. The molecule has 0 unspecified atom stereocenters. The number of aromatic amines is 2. The summed E-state index contributed by atoms with van der Waals surface area (Å²) in [5.74, 6) is -24.4. The molecule has 0 saturated carbocycles. The van der Waals surface area contributed by atoms with Gasteiger partial charge >= 0.3 is 11.9 Å². The summed E-state index contributed by atoms with van der Waals surface area (Å²) in [6.45, 7) is 8.14. The summed E-state index contributed by atoms with van der Waals surface area (Å²) in [5, 5.41) is 95.0. The highest BCUT2D eigenvalue weighted by atomic mass is 16.4. The number of amides is 18. The maximum absolute atomic E-state index is 14.6. The zero-order chi connectivity index (χ0) is 97.8. The normalized spacial score (nSPS) is 14.8. The number of nitrogens with one attached hydrogen (secondary N) is 19. The number of aromatic nitrogens is 4. The van der Waals surface area contributed by atoms with Crippen molar-refractivity contribution in [2.24, 2.45) is 46.2 Å². The van der Waals surface area contributed by atoms with Crippen LogP contribution in [-0.4, -0.2) is 293 Å². The number of nitrogens with zero attached hydrogens (tertiary/aromatic N) is 2. The first-order chi connectivity index (χ1) is 61.1. The molecular formula is C78H123N27O25. The van der Waals surface area contributed by atoms with Crippen LogP contribution in [0, 0.1) is 17.2 Å². The molecule has 130 heavy (non-hydrogen) atoms. The van der Waals surface area contributed by atoms with Gasteiger partial charge < -0.3 is 155 Å². The fraction of sp³-hybridized carbons (Fsp3) is 0.577. The fourth-order valence-corrected chi connectivity index (χ4v) is 12.3. The van der Waals surface area contributed by atoms with Crippen LogP contribution >= 0.6 is 0 Å². The summed E-state index contributed by atoms with van der Waals surface area (Å²) in [5.41, 5.74) is 34.3. The molecule has 0 fully saturated rings. The van der Waals surface area contributed by atoms with E-state index in [1.165, 1.54) is 49.3 Å². The number of imidazole rings is 2. The molecule has 52 nitrogen and oxygen atoms in total. The first-order valence-corrected chi connectivity index (χ1v) is 41.5. The van der Waals surface area contributed by atoms with Crippen LogP contribution in [0.25, 0.3) is 0 Å². The number of aliphatic hydroxyl groups is 2. The van der Waals surface area contributed by atoms with Crippen LogP contribution in [0.3, 0.4) is 0 Å². The van der Waals surface area contributed by atoms with Gasteiger partial charge in [0.2, 0.25) is 106 Å².